The zero-order chi connectivity index (χ0) is 13.1. The van der Waals surface area contributed by atoms with E-state index in [1.165, 1.54) is 16.7 Å². The topological polar surface area (TPSA) is 17.1 Å². The summed E-state index contributed by atoms with van der Waals surface area (Å²) in [6.45, 7) is 0. The van der Waals surface area contributed by atoms with Gasteiger partial charge < -0.3 is 0 Å². The van der Waals surface area contributed by atoms with Crippen LogP contribution in [0.1, 0.15) is 37.2 Å². The van der Waals surface area contributed by atoms with Crippen molar-refractivity contribution in [1.29, 1.82) is 0 Å². The van der Waals surface area contributed by atoms with Crippen LogP contribution in [0, 0.1) is 0 Å². The number of ketones is 1. The van der Waals surface area contributed by atoms with Crippen molar-refractivity contribution in [3.63, 3.8) is 0 Å². The Balaban J connectivity index is 1.81. The highest BCUT2D eigenvalue weighted by atomic mass is 16.1. The molecule has 0 unspecified atom stereocenters. The van der Waals surface area contributed by atoms with Crippen LogP contribution in [-0.2, 0) is 4.79 Å². The number of Topliss-reactive ketones (excluding diaryl/α,β-unsaturated/α-hetero) is 1. The lowest BCUT2D eigenvalue weighted by molar-refractivity contribution is -0.120. The van der Waals surface area contributed by atoms with Crippen LogP contribution in [0.2, 0.25) is 0 Å². The standard InChI is InChI=1S/C18H18O/c19-18-8-4-7-17(13-18)16-11-9-15(10-12-16)14-5-2-1-3-6-14/h1-3,5-6,9-12,17H,4,7-8,13H2/t17-/m1/s1. The predicted octanol–water partition coefficient (Wildman–Crippen LogP) is 4.58. The van der Waals surface area contributed by atoms with Crippen molar-refractivity contribution in [2.75, 3.05) is 0 Å². The van der Waals surface area contributed by atoms with Gasteiger partial charge in [0.1, 0.15) is 5.78 Å². The van der Waals surface area contributed by atoms with E-state index in [2.05, 4.69) is 48.5 Å². The van der Waals surface area contributed by atoms with E-state index in [1.807, 2.05) is 6.07 Å². The van der Waals surface area contributed by atoms with Crippen molar-refractivity contribution in [3.8, 4) is 11.1 Å². The van der Waals surface area contributed by atoms with E-state index >= 15 is 0 Å². The predicted molar refractivity (Wildman–Crippen MR) is 78.1 cm³/mol. The van der Waals surface area contributed by atoms with Gasteiger partial charge in [-0.1, -0.05) is 54.6 Å². The van der Waals surface area contributed by atoms with E-state index in [0.29, 0.717) is 11.7 Å². The smallest absolute Gasteiger partial charge is 0.133 e. The normalized spacial score (nSPS) is 19.4. The van der Waals surface area contributed by atoms with Gasteiger partial charge in [0.2, 0.25) is 0 Å². The van der Waals surface area contributed by atoms with Gasteiger partial charge in [0, 0.05) is 12.8 Å². The van der Waals surface area contributed by atoms with Gasteiger partial charge in [-0.2, -0.15) is 0 Å². The van der Waals surface area contributed by atoms with Gasteiger partial charge in [0.15, 0.2) is 0 Å². The quantitative estimate of drug-likeness (QED) is 0.762. The number of carbonyl (C=O) groups excluding carboxylic acids is 1. The second-order valence-electron chi connectivity index (χ2n) is 5.32. The molecule has 1 aliphatic rings. The molecular weight excluding hydrogens is 232 g/mol. The molecule has 2 aromatic carbocycles. The highest BCUT2D eigenvalue weighted by Crippen LogP contribution is 2.32. The summed E-state index contributed by atoms with van der Waals surface area (Å²) in [5.74, 6) is 0.856. The number of benzene rings is 2. The van der Waals surface area contributed by atoms with Gasteiger partial charge in [0.25, 0.3) is 0 Å². The third-order valence-electron chi connectivity index (χ3n) is 3.97. The van der Waals surface area contributed by atoms with E-state index in [0.717, 1.165) is 25.7 Å². The summed E-state index contributed by atoms with van der Waals surface area (Å²) < 4.78 is 0. The van der Waals surface area contributed by atoms with Gasteiger partial charge in [-0.05, 0) is 35.4 Å². The molecule has 96 valence electrons. The highest BCUT2D eigenvalue weighted by Gasteiger charge is 2.20. The Hall–Kier alpha value is -1.89. The minimum Gasteiger partial charge on any atom is -0.300 e. The van der Waals surface area contributed by atoms with Crippen LogP contribution in [-0.4, -0.2) is 5.78 Å². The Morgan fingerprint density at radius 3 is 2.21 bits per heavy atom. The van der Waals surface area contributed by atoms with Crippen LogP contribution in [0.25, 0.3) is 11.1 Å². The Morgan fingerprint density at radius 1 is 0.842 bits per heavy atom. The van der Waals surface area contributed by atoms with Crippen molar-refractivity contribution in [1.82, 2.24) is 0 Å². The van der Waals surface area contributed by atoms with E-state index in [1.54, 1.807) is 0 Å². The molecule has 0 saturated heterocycles. The molecule has 0 N–H and O–H groups in total. The molecule has 1 heteroatoms. The van der Waals surface area contributed by atoms with Crippen LogP contribution < -0.4 is 0 Å². The molecule has 1 nitrogen and oxygen atoms in total. The lowest BCUT2D eigenvalue weighted by Gasteiger charge is -2.21. The number of rotatable bonds is 2. The van der Waals surface area contributed by atoms with Gasteiger partial charge in [-0.25, -0.2) is 0 Å². The first-order valence-corrected chi connectivity index (χ1v) is 7.00. The molecule has 1 atom stereocenters. The maximum atomic E-state index is 11.5. The second-order valence-corrected chi connectivity index (χ2v) is 5.32. The molecule has 1 aliphatic carbocycles. The molecule has 0 bridgehead atoms. The zero-order valence-electron chi connectivity index (χ0n) is 11.0. The first-order chi connectivity index (χ1) is 9.33. The van der Waals surface area contributed by atoms with E-state index in [9.17, 15) is 4.79 Å². The Labute approximate surface area is 114 Å². The zero-order valence-corrected chi connectivity index (χ0v) is 11.0. The monoisotopic (exact) mass is 250 g/mol. The SMILES string of the molecule is O=C1CCC[C@@H](c2ccc(-c3ccccc3)cc2)C1. The van der Waals surface area contributed by atoms with E-state index < -0.39 is 0 Å². The van der Waals surface area contributed by atoms with Crippen LogP contribution in [0.5, 0.6) is 0 Å². The molecule has 2 aromatic rings. The minimum atomic E-state index is 0.420. The summed E-state index contributed by atoms with van der Waals surface area (Å²) >= 11 is 0. The number of hydrogen-bond donors (Lipinski definition) is 0. The molecule has 0 radical (unpaired) electrons. The largest absolute Gasteiger partial charge is 0.300 e. The fraction of sp³-hybridized carbons (Fsp3) is 0.278. The second kappa shape index (κ2) is 5.40. The summed E-state index contributed by atoms with van der Waals surface area (Å²) in [7, 11) is 0. The van der Waals surface area contributed by atoms with Gasteiger partial charge in [0.05, 0.1) is 0 Å². The summed E-state index contributed by atoms with van der Waals surface area (Å²) in [6.07, 6.45) is 3.70. The summed E-state index contributed by atoms with van der Waals surface area (Å²) in [6, 6.07) is 19.1. The summed E-state index contributed by atoms with van der Waals surface area (Å²) in [4.78, 5) is 11.5. The maximum Gasteiger partial charge on any atom is 0.133 e. The van der Waals surface area contributed by atoms with Crippen molar-refractivity contribution in [3.05, 3.63) is 60.2 Å². The summed E-state index contributed by atoms with van der Waals surface area (Å²) in [5, 5.41) is 0. The maximum absolute atomic E-state index is 11.5. The molecule has 0 spiro atoms. The Bertz CT molecular complexity index is 554. The molecular formula is C18H18O. The molecule has 1 fully saturated rings. The fourth-order valence-electron chi connectivity index (χ4n) is 2.89. The van der Waals surface area contributed by atoms with Crippen LogP contribution in [0.15, 0.2) is 54.6 Å². The Kier molecular flexibility index (Phi) is 3.45. The highest BCUT2D eigenvalue weighted by molar-refractivity contribution is 5.80. The van der Waals surface area contributed by atoms with Crippen molar-refractivity contribution < 1.29 is 4.79 Å². The average Bonchev–Trinajstić information content (AvgIpc) is 2.48. The number of hydrogen-bond acceptors (Lipinski definition) is 1. The third kappa shape index (κ3) is 2.76. The lowest BCUT2D eigenvalue weighted by Crippen LogP contribution is -2.13. The first-order valence-electron chi connectivity index (χ1n) is 7.00. The molecule has 1 saturated carbocycles. The first kappa shape index (κ1) is 12.2. The minimum absolute atomic E-state index is 0.420. The molecule has 3 rings (SSSR count). The van der Waals surface area contributed by atoms with Crippen LogP contribution in [0.4, 0.5) is 0 Å². The number of carbonyl (C=O) groups is 1. The van der Waals surface area contributed by atoms with Crippen molar-refractivity contribution >= 4 is 5.78 Å². The fourth-order valence-corrected chi connectivity index (χ4v) is 2.89. The molecule has 0 amide bonds. The molecule has 0 heterocycles. The van der Waals surface area contributed by atoms with Gasteiger partial charge in [-0.15, -0.1) is 0 Å². The van der Waals surface area contributed by atoms with Crippen molar-refractivity contribution in [2.45, 2.75) is 31.6 Å². The summed E-state index contributed by atoms with van der Waals surface area (Å²) in [5.41, 5.74) is 3.80. The van der Waals surface area contributed by atoms with Crippen LogP contribution >= 0.6 is 0 Å². The van der Waals surface area contributed by atoms with Crippen LogP contribution in [0.3, 0.4) is 0 Å². The van der Waals surface area contributed by atoms with Gasteiger partial charge in [-0.3, -0.25) is 4.79 Å². The van der Waals surface area contributed by atoms with Gasteiger partial charge >= 0.3 is 0 Å². The molecule has 19 heavy (non-hydrogen) atoms. The molecule has 0 aromatic heterocycles. The average molecular weight is 250 g/mol. The lowest BCUT2D eigenvalue weighted by atomic mass is 9.83. The Morgan fingerprint density at radius 2 is 1.53 bits per heavy atom. The molecule has 0 aliphatic heterocycles. The van der Waals surface area contributed by atoms with E-state index in [-0.39, 0.29) is 0 Å². The van der Waals surface area contributed by atoms with Crippen molar-refractivity contribution in [2.24, 2.45) is 0 Å². The third-order valence-corrected chi connectivity index (χ3v) is 3.97. The van der Waals surface area contributed by atoms with E-state index in [4.69, 9.17) is 0 Å².